The van der Waals surface area contributed by atoms with Crippen molar-refractivity contribution in [3.05, 3.63) is 23.2 Å². The number of carbonyl (C=O) groups is 2. The molecule has 0 fully saturated rings. The van der Waals surface area contributed by atoms with Crippen molar-refractivity contribution in [2.24, 2.45) is 0 Å². The van der Waals surface area contributed by atoms with Gasteiger partial charge in [-0.2, -0.15) is 0 Å². The summed E-state index contributed by atoms with van der Waals surface area (Å²) in [5, 5.41) is 7.28. The predicted octanol–water partition coefficient (Wildman–Crippen LogP) is 2.88. The second-order valence-corrected chi connectivity index (χ2v) is 6.07. The third-order valence-electron chi connectivity index (χ3n) is 2.73. The topological polar surface area (TPSA) is 83.1 Å². The van der Waals surface area contributed by atoms with Crippen LogP contribution in [0.4, 0.5) is 19.3 Å². The Morgan fingerprint density at radius 2 is 2.04 bits per heavy atom. The largest absolute Gasteiger partial charge is 0.352 e. The molecule has 0 atom stereocenters. The highest BCUT2D eigenvalue weighted by molar-refractivity contribution is 7.19. The first-order valence-corrected chi connectivity index (χ1v) is 7.70. The van der Waals surface area contributed by atoms with Gasteiger partial charge < -0.3 is 16.0 Å². The molecule has 1 aromatic heterocycles. The van der Waals surface area contributed by atoms with Crippen LogP contribution in [-0.2, 0) is 4.79 Å². The molecule has 3 N–H and O–H groups in total. The number of fused-ring (bicyclic) bond motifs is 1. The predicted molar refractivity (Wildman–Crippen MR) is 84.9 cm³/mol. The highest BCUT2D eigenvalue weighted by Crippen LogP contribution is 2.33. The molecule has 23 heavy (non-hydrogen) atoms. The van der Waals surface area contributed by atoms with Gasteiger partial charge in [0.05, 0.1) is 22.4 Å². The van der Waals surface area contributed by atoms with Crippen molar-refractivity contribution in [2.45, 2.75) is 26.3 Å². The van der Waals surface area contributed by atoms with Crippen molar-refractivity contribution in [1.82, 2.24) is 15.6 Å². The molecule has 0 bridgehead atoms. The molecule has 0 saturated heterocycles. The molecule has 2 aromatic rings. The van der Waals surface area contributed by atoms with Gasteiger partial charge >= 0.3 is 6.03 Å². The maximum atomic E-state index is 12.7. The van der Waals surface area contributed by atoms with Gasteiger partial charge in [-0.05, 0) is 26.0 Å². The molecule has 0 aliphatic rings. The average molecular weight is 342 g/mol. The lowest BCUT2D eigenvalue weighted by Gasteiger charge is -2.10. The van der Waals surface area contributed by atoms with Crippen LogP contribution in [0.2, 0.25) is 0 Å². The van der Waals surface area contributed by atoms with Crippen molar-refractivity contribution in [1.29, 1.82) is 0 Å². The van der Waals surface area contributed by atoms with E-state index in [2.05, 4.69) is 20.9 Å². The number of hydrogen-bond acceptors (Lipinski definition) is 4. The zero-order chi connectivity index (χ0) is 17.0. The molecule has 0 radical (unpaired) electrons. The Kier molecular flexibility index (Phi) is 5.43. The number of urea groups is 1. The van der Waals surface area contributed by atoms with Crippen LogP contribution in [0.5, 0.6) is 0 Å². The molecule has 0 unspecified atom stereocenters. The molecule has 124 valence electrons. The molecule has 0 aliphatic carbocycles. The maximum Gasteiger partial charge on any atom is 0.319 e. The lowest BCUT2D eigenvalue weighted by Crippen LogP contribution is -2.41. The van der Waals surface area contributed by atoms with Crippen LogP contribution >= 0.6 is 11.3 Å². The van der Waals surface area contributed by atoms with Crippen LogP contribution < -0.4 is 16.0 Å². The normalized spacial score (nSPS) is 11.0. The summed E-state index contributed by atoms with van der Waals surface area (Å²) < 4.78 is 25.9. The first kappa shape index (κ1) is 17.1. The second kappa shape index (κ2) is 7.32. The number of rotatable bonds is 5. The van der Waals surface area contributed by atoms with Crippen LogP contribution in [0.3, 0.4) is 0 Å². The van der Waals surface area contributed by atoms with Gasteiger partial charge in [0.25, 0.3) is 6.43 Å². The molecule has 1 heterocycles. The number of halogens is 2. The van der Waals surface area contributed by atoms with Crippen LogP contribution in [0.15, 0.2) is 18.2 Å². The molecule has 2 rings (SSSR count). The maximum absolute atomic E-state index is 12.7. The molecular formula is C14H16F2N4O2S. The van der Waals surface area contributed by atoms with Crippen molar-refractivity contribution in [2.75, 3.05) is 11.9 Å². The summed E-state index contributed by atoms with van der Waals surface area (Å²) in [5.74, 6) is -0.314. The zero-order valence-corrected chi connectivity index (χ0v) is 13.3. The lowest BCUT2D eigenvalue weighted by atomic mass is 10.3. The van der Waals surface area contributed by atoms with Crippen molar-refractivity contribution >= 4 is 39.2 Å². The first-order chi connectivity index (χ1) is 10.9. The SMILES string of the molecule is CC(C)NC(=O)CNC(=O)Nc1cccc2nc(C(F)F)sc12. The van der Waals surface area contributed by atoms with Gasteiger partial charge in [-0.15, -0.1) is 11.3 Å². The zero-order valence-electron chi connectivity index (χ0n) is 12.5. The summed E-state index contributed by atoms with van der Waals surface area (Å²) in [7, 11) is 0. The van der Waals surface area contributed by atoms with Crippen LogP contribution in [0.1, 0.15) is 25.3 Å². The smallest absolute Gasteiger partial charge is 0.319 e. The number of benzene rings is 1. The quantitative estimate of drug-likeness (QED) is 0.781. The number of thiazole rings is 1. The van der Waals surface area contributed by atoms with E-state index < -0.39 is 12.5 Å². The molecule has 3 amide bonds. The third-order valence-corrected chi connectivity index (χ3v) is 3.84. The molecule has 0 aliphatic heterocycles. The standard InChI is InChI=1S/C14H16F2N4O2S/c1-7(2)18-10(21)6-17-14(22)20-9-5-3-4-8-11(9)23-13(19-8)12(15)16/h3-5,7,12H,6H2,1-2H3,(H,18,21)(H2,17,20,22). The van der Waals surface area contributed by atoms with E-state index in [0.717, 1.165) is 11.3 Å². The van der Waals surface area contributed by atoms with E-state index in [4.69, 9.17) is 0 Å². The molecule has 0 spiro atoms. The van der Waals surface area contributed by atoms with Gasteiger partial charge in [-0.3, -0.25) is 4.79 Å². The number of alkyl halides is 2. The van der Waals surface area contributed by atoms with Gasteiger partial charge in [0.2, 0.25) is 5.91 Å². The number of aromatic nitrogens is 1. The summed E-state index contributed by atoms with van der Waals surface area (Å²) in [4.78, 5) is 27.1. The van der Waals surface area contributed by atoms with Crippen LogP contribution in [-0.4, -0.2) is 29.5 Å². The van der Waals surface area contributed by atoms with E-state index in [1.54, 1.807) is 18.2 Å². The molecule has 9 heteroatoms. The van der Waals surface area contributed by atoms with E-state index in [1.807, 2.05) is 13.8 Å². The number of hydrogen-bond donors (Lipinski definition) is 3. The van der Waals surface area contributed by atoms with E-state index >= 15 is 0 Å². The van der Waals surface area contributed by atoms with E-state index in [1.165, 1.54) is 0 Å². The van der Waals surface area contributed by atoms with E-state index in [0.29, 0.717) is 15.9 Å². The number of anilines is 1. The Hall–Kier alpha value is -2.29. The highest BCUT2D eigenvalue weighted by atomic mass is 32.1. The molecular weight excluding hydrogens is 326 g/mol. The summed E-state index contributed by atoms with van der Waals surface area (Å²) in [6.07, 6.45) is -2.66. The Morgan fingerprint density at radius 1 is 1.30 bits per heavy atom. The van der Waals surface area contributed by atoms with Gasteiger partial charge in [0, 0.05) is 6.04 Å². The van der Waals surface area contributed by atoms with E-state index in [9.17, 15) is 18.4 Å². The minimum absolute atomic E-state index is 0.0222. The Morgan fingerprint density at radius 3 is 2.70 bits per heavy atom. The van der Waals surface area contributed by atoms with Crippen molar-refractivity contribution < 1.29 is 18.4 Å². The van der Waals surface area contributed by atoms with Gasteiger partial charge in [0.15, 0.2) is 5.01 Å². The average Bonchev–Trinajstić information content (AvgIpc) is 2.90. The fourth-order valence-corrected chi connectivity index (χ4v) is 2.75. The number of carbonyl (C=O) groups excluding carboxylic acids is 2. The second-order valence-electron chi connectivity index (χ2n) is 5.04. The first-order valence-electron chi connectivity index (χ1n) is 6.88. The monoisotopic (exact) mass is 342 g/mol. The van der Waals surface area contributed by atoms with Gasteiger partial charge in [-0.1, -0.05) is 6.07 Å². The summed E-state index contributed by atoms with van der Waals surface area (Å²) in [5.41, 5.74) is 0.759. The summed E-state index contributed by atoms with van der Waals surface area (Å²) in [6, 6.07) is 4.17. The number of nitrogens with zero attached hydrogens (tertiary/aromatic N) is 1. The van der Waals surface area contributed by atoms with Crippen molar-refractivity contribution in [3.63, 3.8) is 0 Å². The highest BCUT2D eigenvalue weighted by Gasteiger charge is 2.16. The van der Waals surface area contributed by atoms with Gasteiger partial charge in [-0.25, -0.2) is 18.6 Å². The minimum Gasteiger partial charge on any atom is -0.352 e. The number of amides is 3. The van der Waals surface area contributed by atoms with Crippen molar-refractivity contribution in [3.8, 4) is 0 Å². The minimum atomic E-state index is -2.66. The summed E-state index contributed by atoms with van der Waals surface area (Å²) >= 11 is 0.824. The molecule has 0 saturated carbocycles. The Balaban J connectivity index is 2.03. The van der Waals surface area contributed by atoms with Crippen LogP contribution in [0, 0.1) is 0 Å². The fourth-order valence-electron chi connectivity index (χ4n) is 1.86. The van der Waals surface area contributed by atoms with Gasteiger partial charge in [0.1, 0.15) is 0 Å². The van der Waals surface area contributed by atoms with Crippen LogP contribution in [0.25, 0.3) is 10.2 Å². The Bertz CT molecular complexity index is 718. The van der Waals surface area contributed by atoms with E-state index in [-0.39, 0.29) is 23.5 Å². The fraction of sp³-hybridized carbons (Fsp3) is 0.357. The third kappa shape index (κ3) is 4.59. The lowest BCUT2D eigenvalue weighted by molar-refractivity contribution is -0.120. The number of nitrogens with one attached hydrogen (secondary N) is 3. The molecule has 1 aromatic carbocycles. The Labute approximate surface area is 135 Å². The summed E-state index contributed by atoms with van der Waals surface area (Å²) in [6.45, 7) is 3.44. The molecule has 6 nitrogen and oxygen atoms in total.